The van der Waals surface area contributed by atoms with E-state index in [1.54, 1.807) is 106 Å². The van der Waals surface area contributed by atoms with Gasteiger partial charge in [0.1, 0.15) is 29.6 Å². The number of rotatable bonds is 8. The molecule has 0 radical (unpaired) electrons. The standard InChI is InChI=1S/C40H40FN5O6/c1-25(2)44(28-17-19-29(51-6)20-18-28)36(47)24-43-33-14-10-11-15-34(33)45(27-12-8-7-9-13-27)38(49)31(37(43)48)23-32-30-21-16-26(41)22-35(30)46(42-32)39(50)52-40(3,4)5/h7-22,25,31H,23-24H2,1-6H3. The summed E-state index contributed by atoms with van der Waals surface area (Å²) in [6.07, 6.45) is -1.10. The fourth-order valence-electron chi connectivity index (χ4n) is 6.37. The lowest BCUT2D eigenvalue weighted by Gasteiger charge is -2.31. The molecule has 1 unspecified atom stereocenters. The van der Waals surface area contributed by atoms with Crippen LogP contribution in [0.25, 0.3) is 10.9 Å². The Bertz CT molecular complexity index is 2140. The minimum Gasteiger partial charge on any atom is -0.497 e. The normalized spacial score (nSPS) is 14.7. The van der Waals surface area contributed by atoms with Gasteiger partial charge in [0, 0.05) is 35.3 Å². The highest BCUT2D eigenvalue weighted by Crippen LogP contribution is 2.40. The maximum absolute atomic E-state index is 14.9. The minimum atomic E-state index is -1.40. The van der Waals surface area contributed by atoms with Crippen LogP contribution in [0.5, 0.6) is 5.75 Å². The molecule has 1 aliphatic rings. The van der Waals surface area contributed by atoms with Gasteiger partial charge in [0.05, 0.1) is 29.7 Å². The number of hydrogen-bond donors (Lipinski definition) is 0. The first kappa shape index (κ1) is 35.8. The molecular formula is C40H40FN5O6. The number of hydrogen-bond acceptors (Lipinski definition) is 7. The second kappa shape index (κ2) is 14.3. The molecular weight excluding hydrogens is 665 g/mol. The van der Waals surface area contributed by atoms with Crippen molar-refractivity contribution in [3.63, 3.8) is 0 Å². The Morgan fingerprint density at radius 3 is 2.17 bits per heavy atom. The monoisotopic (exact) mass is 705 g/mol. The van der Waals surface area contributed by atoms with E-state index in [9.17, 15) is 23.6 Å². The number of para-hydroxylation sites is 3. The van der Waals surface area contributed by atoms with Crippen molar-refractivity contribution in [3.05, 3.63) is 109 Å². The van der Waals surface area contributed by atoms with Gasteiger partial charge in [-0.25, -0.2) is 9.18 Å². The number of halogens is 1. The first-order valence-corrected chi connectivity index (χ1v) is 16.9. The molecule has 268 valence electrons. The molecule has 3 amide bonds. The number of ether oxygens (including phenoxy) is 2. The van der Waals surface area contributed by atoms with Crippen molar-refractivity contribution in [1.29, 1.82) is 0 Å². The van der Waals surface area contributed by atoms with E-state index in [0.29, 0.717) is 33.9 Å². The zero-order valence-electron chi connectivity index (χ0n) is 29.9. The molecule has 0 bridgehead atoms. The molecule has 0 fully saturated rings. The van der Waals surface area contributed by atoms with Crippen LogP contribution in [0.4, 0.5) is 31.9 Å². The molecule has 1 aliphatic heterocycles. The van der Waals surface area contributed by atoms with Crippen molar-refractivity contribution in [2.45, 2.75) is 52.7 Å². The predicted octanol–water partition coefficient (Wildman–Crippen LogP) is 7.28. The Balaban J connectivity index is 1.47. The summed E-state index contributed by atoms with van der Waals surface area (Å²) in [6.45, 7) is 8.45. The van der Waals surface area contributed by atoms with Gasteiger partial charge >= 0.3 is 6.09 Å². The third kappa shape index (κ3) is 7.09. The number of anilines is 4. The maximum Gasteiger partial charge on any atom is 0.435 e. The van der Waals surface area contributed by atoms with E-state index in [2.05, 4.69) is 5.10 Å². The van der Waals surface area contributed by atoms with Gasteiger partial charge in [-0.3, -0.25) is 19.3 Å². The smallest absolute Gasteiger partial charge is 0.435 e. The highest BCUT2D eigenvalue weighted by molar-refractivity contribution is 6.21. The quantitative estimate of drug-likeness (QED) is 0.156. The number of amides is 3. The van der Waals surface area contributed by atoms with Gasteiger partial charge in [-0.1, -0.05) is 30.3 Å². The van der Waals surface area contributed by atoms with E-state index in [4.69, 9.17) is 9.47 Å². The average molecular weight is 706 g/mol. The molecule has 0 aliphatic carbocycles. The number of nitrogens with zero attached hydrogens (tertiary/aromatic N) is 5. The summed E-state index contributed by atoms with van der Waals surface area (Å²) < 4.78 is 26.3. The largest absolute Gasteiger partial charge is 0.497 e. The summed E-state index contributed by atoms with van der Waals surface area (Å²) in [6, 6.07) is 26.5. The first-order valence-electron chi connectivity index (χ1n) is 16.9. The average Bonchev–Trinajstić information content (AvgIpc) is 3.43. The van der Waals surface area contributed by atoms with Crippen LogP contribution < -0.4 is 19.4 Å². The molecule has 2 heterocycles. The third-order valence-electron chi connectivity index (χ3n) is 8.62. The van der Waals surface area contributed by atoms with Crippen LogP contribution in [0.2, 0.25) is 0 Å². The molecule has 4 aromatic carbocycles. The van der Waals surface area contributed by atoms with Gasteiger partial charge in [-0.05, 0) is 95.3 Å². The minimum absolute atomic E-state index is 0.125. The SMILES string of the molecule is COc1ccc(N(C(=O)CN2C(=O)C(Cc3nn(C(=O)OC(C)(C)C)c4cc(F)ccc34)C(=O)N(c3ccccc3)c3ccccc32)C(C)C)cc1. The predicted molar refractivity (Wildman–Crippen MR) is 197 cm³/mol. The van der Waals surface area contributed by atoms with Gasteiger partial charge in [-0.2, -0.15) is 9.78 Å². The van der Waals surface area contributed by atoms with Crippen LogP contribution in [0.1, 0.15) is 40.3 Å². The summed E-state index contributed by atoms with van der Waals surface area (Å²) in [5.41, 5.74) is 1.36. The van der Waals surface area contributed by atoms with Gasteiger partial charge in [-0.15, -0.1) is 0 Å². The van der Waals surface area contributed by atoms with Crippen LogP contribution >= 0.6 is 0 Å². The molecule has 0 N–H and O–H groups in total. The summed E-state index contributed by atoms with van der Waals surface area (Å²) in [7, 11) is 1.56. The molecule has 1 atom stereocenters. The Kier molecular flexibility index (Phi) is 9.83. The Labute approximate surface area is 301 Å². The fourth-order valence-corrected chi connectivity index (χ4v) is 6.37. The summed E-state index contributed by atoms with van der Waals surface area (Å²) in [5.74, 6) is -2.95. The number of carbonyl (C=O) groups is 4. The second-order valence-electron chi connectivity index (χ2n) is 13.7. The fraction of sp³-hybridized carbons (Fsp3) is 0.275. The van der Waals surface area contributed by atoms with Gasteiger partial charge in [0.15, 0.2) is 0 Å². The summed E-state index contributed by atoms with van der Waals surface area (Å²) >= 11 is 0. The van der Waals surface area contributed by atoms with Crippen molar-refractivity contribution >= 4 is 57.5 Å². The number of benzene rings is 4. The number of carbonyl (C=O) groups excluding carboxylic acids is 4. The van der Waals surface area contributed by atoms with Crippen molar-refractivity contribution in [2.75, 3.05) is 28.4 Å². The summed E-state index contributed by atoms with van der Waals surface area (Å²) in [4.78, 5) is 61.6. The van der Waals surface area contributed by atoms with E-state index in [1.807, 2.05) is 19.9 Å². The molecule has 6 rings (SSSR count). The van der Waals surface area contributed by atoms with E-state index in [1.165, 1.54) is 21.9 Å². The van der Waals surface area contributed by atoms with Crippen molar-refractivity contribution in [2.24, 2.45) is 5.92 Å². The highest BCUT2D eigenvalue weighted by atomic mass is 19.1. The van der Waals surface area contributed by atoms with Crippen molar-refractivity contribution in [1.82, 2.24) is 9.78 Å². The van der Waals surface area contributed by atoms with E-state index < -0.39 is 35.2 Å². The van der Waals surface area contributed by atoms with Crippen molar-refractivity contribution < 1.29 is 33.0 Å². The Morgan fingerprint density at radius 1 is 0.885 bits per heavy atom. The van der Waals surface area contributed by atoms with Gasteiger partial charge in [0.2, 0.25) is 17.7 Å². The summed E-state index contributed by atoms with van der Waals surface area (Å²) in [5, 5.41) is 4.86. The topological polar surface area (TPSA) is 114 Å². The zero-order chi connectivity index (χ0) is 37.3. The van der Waals surface area contributed by atoms with Gasteiger partial charge in [0.25, 0.3) is 0 Å². The van der Waals surface area contributed by atoms with Crippen molar-refractivity contribution in [3.8, 4) is 5.75 Å². The van der Waals surface area contributed by atoms with Crippen LogP contribution in [-0.4, -0.2) is 58.9 Å². The van der Waals surface area contributed by atoms with Crippen LogP contribution in [0, 0.1) is 11.7 Å². The lowest BCUT2D eigenvalue weighted by Crippen LogP contribution is -2.48. The molecule has 0 spiro atoms. The Hall–Kier alpha value is -6.04. The highest BCUT2D eigenvalue weighted by Gasteiger charge is 2.43. The second-order valence-corrected chi connectivity index (χ2v) is 13.7. The number of aromatic nitrogens is 2. The lowest BCUT2D eigenvalue weighted by atomic mass is 9.97. The van der Waals surface area contributed by atoms with Gasteiger partial charge < -0.3 is 19.3 Å². The molecule has 0 saturated heterocycles. The molecule has 1 aromatic heterocycles. The third-order valence-corrected chi connectivity index (χ3v) is 8.62. The van der Waals surface area contributed by atoms with Crippen LogP contribution in [0.15, 0.2) is 97.1 Å². The van der Waals surface area contributed by atoms with Crippen LogP contribution in [-0.2, 0) is 25.5 Å². The van der Waals surface area contributed by atoms with Crippen LogP contribution in [0.3, 0.4) is 0 Å². The van der Waals surface area contributed by atoms with E-state index >= 15 is 0 Å². The molecule has 12 heteroatoms. The number of fused-ring (bicyclic) bond motifs is 2. The maximum atomic E-state index is 14.9. The molecule has 0 saturated carbocycles. The Morgan fingerprint density at radius 2 is 1.54 bits per heavy atom. The molecule has 11 nitrogen and oxygen atoms in total. The first-order chi connectivity index (χ1) is 24.8. The lowest BCUT2D eigenvalue weighted by molar-refractivity contribution is -0.132. The molecule has 5 aromatic rings. The molecule has 52 heavy (non-hydrogen) atoms. The zero-order valence-corrected chi connectivity index (χ0v) is 29.9. The number of methoxy groups -OCH3 is 1. The van der Waals surface area contributed by atoms with E-state index in [0.717, 1.165) is 10.7 Å². The van der Waals surface area contributed by atoms with E-state index in [-0.39, 0.29) is 36.1 Å².